The summed E-state index contributed by atoms with van der Waals surface area (Å²) in [5.41, 5.74) is 2.79. The summed E-state index contributed by atoms with van der Waals surface area (Å²) in [6.45, 7) is 10.7. The van der Waals surface area contributed by atoms with Gasteiger partial charge in [0.15, 0.2) is 0 Å². The SMILES string of the molecule is C=Cc1cc(C(CC)(CC)CC)ccc1OC. The fourth-order valence-corrected chi connectivity index (χ4v) is 2.59. The van der Waals surface area contributed by atoms with Crippen molar-refractivity contribution < 1.29 is 4.74 Å². The van der Waals surface area contributed by atoms with E-state index < -0.39 is 0 Å². The van der Waals surface area contributed by atoms with Crippen LogP contribution in [0, 0.1) is 0 Å². The molecular formula is C16H24O. The van der Waals surface area contributed by atoms with Crippen LogP contribution in [0.25, 0.3) is 6.08 Å². The number of rotatable bonds is 6. The van der Waals surface area contributed by atoms with Crippen LogP contribution in [0.15, 0.2) is 24.8 Å². The van der Waals surface area contributed by atoms with Gasteiger partial charge in [-0.3, -0.25) is 0 Å². The molecule has 0 aliphatic rings. The van der Waals surface area contributed by atoms with Crippen molar-refractivity contribution >= 4 is 6.08 Å². The molecule has 0 fully saturated rings. The van der Waals surface area contributed by atoms with Crippen molar-refractivity contribution in [3.8, 4) is 5.75 Å². The molecule has 0 bridgehead atoms. The number of benzene rings is 1. The van der Waals surface area contributed by atoms with E-state index in [1.807, 2.05) is 6.08 Å². The van der Waals surface area contributed by atoms with Crippen LogP contribution in [0.1, 0.15) is 51.2 Å². The molecule has 0 saturated carbocycles. The lowest BCUT2D eigenvalue weighted by atomic mass is 9.73. The highest BCUT2D eigenvalue weighted by atomic mass is 16.5. The van der Waals surface area contributed by atoms with E-state index in [9.17, 15) is 0 Å². The Morgan fingerprint density at radius 3 is 2.18 bits per heavy atom. The smallest absolute Gasteiger partial charge is 0.126 e. The Bertz CT molecular complexity index is 367. The average molecular weight is 232 g/mol. The Morgan fingerprint density at radius 1 is 1.18 bits per heavy atom. The van der Waals surface area contributed by atoms with Crippen LogP contribution in [0.5, 0.6) is 5.75 Å². The lowest BCUT2D eigenvalue weighted by Gasteiger charge is -2.31. The van der Waals surface area contributed by atoms with Gasteiger partial charge in [0.2, 0.25) is 0 Å². The van der Waals surface area contributed by atoms with E-state index in [2.05, 4.69) is 45.5 Å². The largest absolute Gasteiger partial charge is 0.496 e. The molecule has 94 valence electrons. The van der Waals surface area contributed by atoms with Gasteiger partial charge in [0, 0.05) is 5.56 Å². The highest BCUT2D eigenvalue weighted by Gasteiger charge is 2.26. The maximum Gasteiger partial charge on any atom is 0.126 e. The third kappa shape index (κ3) is 2.54. The predicted octanol–water partition coefficient (Wildman–Crippen LogP) is 4.81. The average Bonchev–Trinajstić information content (AvgIpc) is 2.41. The Hall–Kier alpha value is -1.24. The van der Waals surface area contributed by atoms with Crippen molar-refractivity contribution in [1.82, 2.24) is 0 Å². The first kappa shape index (κ1) is 13.8. The first-order valence-electron chi connectivity index (χ1n) is 6.48. The normalized spacial score (nSPS) is 11.3. The van der Waals surface area contributed by atoms with Gasteiger partial charge < -0.3 is 4.74 Å². The Morgan fingerprint density at radius 2 is 1.76 bits per heavy atom. The van der Waals surface area contributed by atoms with Crippen LogP contribution in [-0.4, -0.2) is 7.11 Å². The summed E-state index contributed by atoms with van der Waals surface area (Å²) in [6, 6.07) is 6.48. The lowest BCUT2D eigenvalue weighted by Crippen LogP contribution is -2.23. The van der Waals surface area contributed by atoms with Gasteiger partial charge in [-0.15, -0.1) is 0 Å². The van der Waals surface area contributed by atoms with E-state index >= 15 is 0 Å². The zero-order valence-corrected chi connectivity index (χ0v) is 11.5. The van der Waals surface area contributed by atoms with Gasteiger partial charge in [-0.2, -0.15) is 0 Å². The molecular weight excluding hydrogens is 208 g/mol. The highest BCUT2D eigenvalue weighted by Crippen LogP contribution is 2.37. The highest BCUT2D eigenvalue weighted by molar-refractivity contribution is 5.57. The molecule has 17 heavy (non-hydrogen) atoms. The fraction of sp³-hybridized carbons (Fsp3) is 0.500. The van der Waals surface area contributed by atoms with E-state index in [4.69, 9.17) is 4.74 Å². The summed E-state index contributed by atoms with van der Waals surface area (Å²) in [4.78, 5) is 0. The number of hydrogen-bond acceptors (Lipinski definition) is 1. The molecule has 0 aromatic heterocycles. The van der Waals surface area contributed by atoms with E-state index in [1.165, 1.54) is 24.8 Å². The van der Waals surface area contributed by atoms with Gasteiger partial charge in [0.05, 0.1) is 7.11 Å². The summed E-state index contributed by atoms with van der Waals surface area (Å²) in [7, 11) is 1.70. The quantitative estimate of drug-likeness (QED) is 0.684. The summed E-state index contributed by atoms with van der Waals surface area (Å²) in [5.74, 6) is 0.904. The van der Waals surface area contributed by atoms with Crippen LogP contribution in [0.2, 0.25) is 0 Å². The van der Waals surface area contributed by atoms with Crippen LogP contribution >= 0.6 is 0 Å². The molecule has 0 saturated heterocycles. The van der Waals surface area contributed by atoms with Crippen LogP contribution in [-0.2, 0) is 5.41 Å². The molecule has 0 radical (unpaired) electrons. The van der Waals surface area contributed by atoms with E-state index in [0.29, 0.717) is 5.41 Å². The lowest BCUT2D eigenvalue weighted by molar-refractivity contribution is 0.379. The topological polar surface area (TPSA) is 9.23 Å². The molecule has 0 amide bonds. The predicted molar refractivity (Wildman–Crippen MR) is 75.6 cm³/mol. The number of hydrogen-bond donors (Lipinski definition) is 0. The number of ether oxygens (including phenoxy) is 1. The number of methoxy groups -OCH3 is 1. The van der Waals surface area contributed by atoms with Crippen molar-refractivity contribution in [3.05, 3.63) is 35.9 Å². The monoisotopic (exact) mass is 232 g/mol. The van der Waals surface area contributed by atoms with Crippen LogP contribution in [0.4, 0.5) is 0 Å². The molecule has 0 N–H and O–H groups in total. The molecule has 1 heteroatoms. The molecule has 0 spiro atoms. The molecule has 1 aromatic rings. The van der Waals surface area contributed by atoms with Crippen molar-refractivity contribution in [3.63, 3.8) is 0 Å². The maximum absolute atomic E-state index is 5.33. The van der Waals surface area contributed by atoms with Crippen molar-refractivity contribution in [1.29, 1.82) is 0 Å². The molecule has 0 aliphatic carbocycles. The molecule has 0 atom stereocenters. The summed E-state index contributed by atoms with van der Waals surface area (Å²) >= 11 is 0. The van der Waals surface area contributed by atoms with Gasteiger partial charge in [-0.05, 0) is 42.4 Å². The van der Waals surface area contributed by atoms with E-state index in [-0.39, 0.29) is 0 Å². The molecule has 0 aliphatic heterocycles. The van der Waals surface area contributed by atoms with Gasteiger partial charge in [-0.1, -0.05) is 39.5 Å². The van der Waals surface area contributed by atoms with Gasteiger partial charge in [-0.25, -0.2) is 0 Å². The van der Waals surface area contributed by atoms with Gasteiger partial charge >= 0.3 is 0 Å². The fourth-order valence-electron chi connectivity index (χ4n) is 2.59. The van der Waals surface area contributed by atoms with Gasteiger partial charge in [0.1, 0.15) is 5.75 Å². The third-order valence-corrected chi connectivity index (χ3v) is 4.09. The van der Waals surface area contributed by atoms with E-state index in [1.54, 1.807) is 7.11 Å². The Labute approximate surface area is 106 Å². The second-order valence-corrected chi connectivity index (χ2v) is 4.50. The van der Waals surface area contributed by atoms with Crippen LogP contribution in [0.3, 0.4) is 0 Å². The molecule has 1 nitrogen and oxygen atoms in total. The minimum atomic E-state index is 0.296. The summed E-state index contributed by atoms with van der Waals surface area (Å²) < 4.78 is 5.33. The molecule has 1 aromatic carbocycles. The van der Waals surface area contributed by atoms with Crippen molar-refractivity contribution in [2.75, 3.05) is 7.11 Å². The first-order chi connectivity index (χ1) is 8.17. The molecule has 1 rings (SSSR count). The minimum absolute atomic E-state index is 0.296. The summed E-state index contributed by atoms with van der Waals surface area (Å²) in [6.07, 6.45) is 5.38. The second-order valence-electron chi connectivity index (χ2n) is 4.50. The van der Waals surface area contributed by atoms with E-state index in [0.717, 1.165) is 11.3 Å². The maximum atomic E-state index is 5.33. The minimum Gasteiger partial charge on any atom is -0.496 e. The van der Waals surface area contributed by atoms with Crippen molar-refractivity contribution in [2.45, 2.75) is 45.4 Å². The zero-order valence-electron chi connectivity index (χ0n) is 11.5. The molecule has 0 heterocycles. The second kappa shape index (κ2) is 5.90. The first-order valence-corrected chi connectivity index (χ1v) is 6.48. The summed E-state index contributed by atoms with van der Waals surface area (Å²) in [5, 5.41) is 0. The van der Waals surface area contributed by atoms with Gasteiger partial charge in [0.25, 0.3) is 0 Å². The standard InChI is InChI=1S/C16H24O/c1-6-13-12-14(10-11-15(13)17-5)16(7-2,8-3)9-4/h6,10-12H,1,7-9H2,2-5H3. The Kier molecular flexibility index (Phi) is 4.80. The van der Waals surface area contributed by atoms with Crippen molar-refractivity contribution in [2.24, 2.45) is 0 Å². The third-order valence-electron chi connectivity index (χ3n) is 4.09. The van der Waals surface area contributed by atoms with Crippen LogP contribution < -0.4 is 4.74 Å². The zero-order chi connectivity index (χ0) is 12.9. The Balaban J connectivity index is 3.26. The molecule has 0 unspecified atom stereocenters.